The number of carbonyl (C=O) groups is 1. The van der Waals surface area contributed by atoms with Crippen LogP contribution in [-0.2, 0) is 4.79 Å². The first-order valence-corrected chi connectivity index (χ1v) is 6.08. The molecular formula is C12H15Cl2NO2. The Bertz CT molecular complexity index is 407. The molecule has 0 aromatic heterocycles. The molecule has 94 valence electrons. The predicted octanol–water partition coefficient (Wildman–Crippen LogP) is 3.29. The second-order valence-electron chi connectivity index (χ2n) is 4.00. The summed E-state index contributed by atoms with van der Waals surface area (Å²) in [4.78, 5) is 11.6. The highest BCUT2D eigenvalue weighted by Crippen LogP contribution is 2.28. The number of carbonyl (C=O) groups excluding carboxylic acids is 1. The summed E-state index contributed by atoms with van der Waals surface area (Å²) >= 11 is 11.8. The van der Waals surface area contributed by atoms with Gasteiger partial charge in [0.05, 0.1) is 5.02 Å². The SMILES string of the molecule is CC(C)NC(=O)C(C)Oc1cc(Cl)ccc1Cl. The molecule has 3 nitrogen and oxygen atoms in total. The van der Waals surface area contributed by atoms with Crippen molar-refractivity contribution in [2.45, 2.75) is 32.9 Å². The molecule has 0 bridgehead atoms. The van der Waals surface area contributed by atoms with Gasteiger partial charge in [0.2, 0.25) is 0 Å². The van der Waals surface area contributed by atoms with Crippen LogP contribution in [0.25, 0.3) is 0 Å². The molecule has 1 atom stereocenters. The van der Waals surface area contributed by atoms with Crippen molar-refractivity contribution in [2.75, 3.05) is 0 Å². The van der Waals surface area contributed by atoms with Gasteiger partial charge in [-0.1, -0.05) is 23.2 Å². The second-order valence-corrected chi connectivity index (χ2v) is 4.84. The van der Waals surface area contributed by atoms with Crippen molar-refractivity contribution in [1.29, 1.82) is 0 Å². The summed E-state index contributed by atoms with van der Waals surface area (Å²) in [6.07, 6.45) is -0.617. The minimum atomic E-state index is -0.617. The Morgan fingerprint density at radius 2 is 1.94 bits per heavy atom. The van der Waals surface area contributed by atoms with Crippen molar-refractivity contribution < 1.29 is 9.53 Å². The molecular weight excluding hydrogens is 261 g/mol. The molecule has 0 aliphatic rings. The molecule has 1 amide bonds. The van der Waals surface area contributed by atoms with E-state index in [1.165, 1.54) is 0 Å². The van der Waals surface area contributed by atoms with Crippen molar-refractivity contribution in [3.63, 3.8) is 0 Å². The Morgan fingerprint density at radius 3 is 2.53 bits per heavy atom. The number of halogens is 2. The molecule has 1 aromatic rings. The summed E-state index contributed by atoms with van der Waals surface area (Å²) in [5.41, 5.74) is 0. The van der Waals surface area contributed by atoms with E-state index in [1.807, 2.05) is 13.8 Å². The molecule has 1 unspecified atom stereocenters. The minimum Gasteiger partial charge on any atom is -0.479 e. The fourth-order valence-corrected chi connectivity index (χ4v) is 1.54. The zero-order chi connectivity index (χ0) is 13.0. The average molecular weight is 276 g/mol. The van der Waals surface area contributed by atoms with Gasteiger partial charge in [-0.25, -0.2) is 0 Å². The summed E-state index contributed by atoms with van der Waals surface area (Å²) in [7, 11) is 0. The van der Waals surface area contributed by atoms with E-state index in [4.69, 9.17) is 27.9 Å². The first-order chi connectivity index (χ1) is 7.90. The summed E-state index contributed by atoms with van der Waals surface area (Å²) in [5, 5.41) is 3.70. The largest absolute Gasteiger partial charge is 0.479 e. The van der Waals surface area contributed by atoms with Crippen LogP contribution in [0.3, 0.4) is 0 Å². The number of amides is 1. The normalized spacial score (nSPS) is 12.4. The molecule has 0 aliphatic carbocycles. The Balaban J connectivity index is 2.70. The lowest BCUT2D eigenvalue weighted by atomic mass is 10.3. The van der Waals surface area contributed by atoms with Gasteiger partial charge in [0.25, 0.3) is 5.91 Å². The molecule has 5 heteroatoms. The number of hydrogen-bond acceptors (Lipinski definition) is 2. The molecule has 1 N–H and O–H groups in total. The van der Waals surface area contributed by atoms with E-state index in [1.54, 1.807) is 25.1 Å². The van der Waals surface area contributed by atoms with E-state index in [9.17, 15) is 4.79 Å². The van der Waals surface area contributed by atoms with Crippen LogP contribution in [0.2, 0.25) is 10.0 Å². The number of benzene rings is 1. The summed E-state index contributed by atoms with van der Waals surface area (Å²) < 4.78 is 5.46. The second kappa shape index (κ2) is 6.12. The lowest BCUT2D eigenvalue weighted by Gasteiger charge is -2.17. The maximum atomic E-state index is 11.6. The van der Waals surface area contributed by atoms with Crippen LogP contribution in [0.4, 0.5) is 0 Å². The minimum absolute atomic E-state index is 0.0726. The zero-order valence-electron chi connectivity index (χ0n) is 9.96. The first kappa shape index (κ1) is 14.1. The van der Waals surface area contributed by atoms with Crippen LogP contribution >= 0.6 is 23.2 Å². The van der Waals surface area contributed by atoms with Crippen LogP contribution in [-0.4, -0.2) is 18.1 Å². The van der Waals surface area contributed by atoms with Crippen molar-refractivity contribution in [1.82, 2.24) is 5.32 Å². The molecule has 0 saturated heterocycles. The van der Waals surface area contributed by atoms with E-state index in [-0.39, 0.29) is 11.9 Å². The Morgan fingerprint density at radius 1 is 1.29 bits per heavy atom. The van der Waals surface area contributed by atoms with Gasteiger partial charge < -0.3 is 10.1 Å². The van der Waals surface area contributed by atoms with Gasteiger partial charge in [-0.15, -0.1) is 0 Å². The zero-order valence-corrected chi connectivity index (χ0v) is 11.5. The highest BCUT2D eigenvalue weighted by atomic mass is 35.5. The van der Waals surface area contributed by atoms with Gasteiger partial charge in [-0.05, 0) is 32.9 Å². The quantitative estimate of drug-likeness (QED) is 0.916. The molecule has 17 heavy (non-hydrogen) atoms. The van der Waals surface area contributed by atoms with Crippen LogP contribution in [0.5, 0.6) is 5.75 Å². The third-order valence-corrected chi connectivity index (χ3v) is 2.54. The van der Waals surface area contributed by atoms with Crippen LogP contribution in [0.1, 0.15) is 20.8 Å². The molecule has 0 fully saturated rings. The van der Waals surface area contributed by atoms with E-state index < -0.39 is 6.10 Å². The van der Waals surface area contributed by atoms with Crippen LogP contribution in [0.15, 0.2) is 18.2 Å². The van der Waals surface area contributed by atoms with E-state index in [0.717, 1.165) is 0 Å². The topological polar surface area (TPSA) is 38.3 Å². The molecule has 0 spiro atoms. The van der Waals surface area contributed by atoms with Crippen LogP contribution in [0, 0.1) is 0 Å². The predicted molar refractivity (Wildman–Crippen MR) is 69.8 cm³/mol. The lowest BCUT2D eigenvalue weighted by Crippen LogP contribution is -2.40. The molecule has 0 heterocycles. The molecule has 0 aliphatic heterocycles. The van der Waals surface area contributed by atoms with Gasteiger partial charge in [0.15, 0.2) is 6.10 Å². The van der Waals surface area contributed by atoms with E-state index >= 15 is 0 Å². The highest BCUT2D eigenvalue weighted by molar-refractivity contribution is 6.34. The van der Waals surface area contributed by atoms with Gasteiger partial charge in [0.1, 0.15) is 5.75 Å². The third kappa shape index (κ3) is 4.44. The van der Waals surface area contributed by atoms with Crippen molar-refractivity contribution in [3.05, 3.63) is 28.2 Å². The standard InChI is InChI=1S/C12H15Cl2NO2/c1-7(2)15-12(16)8(3)17-11-6-9(13)4-5-10(11)14/h4-8H,1-3H3,(H,15,16). The van der Waals surface area contributed by atoms with Gasteiger partial charge in [-0.3, -0.25) is 4.79 Å². The van der Waals surface area contributed by atoms with Crippen LogP contribution < -0.4 is 10.1 Å². The van der Waals surface area contributed by atoms with E-state index in [2.05, 4.69) is 5.32 Å². The Labute approximate surface area is 111 Å². The third-order valence-electron chi connectivity index (χ3n) is 2.00. The Kier molecular flexibility index (Phi) is 5.09. The highest BCUT2D eigenvalue weighted by Gasteiger charge is 2.16. The van der Waals surface area contributed by atoms with Gasteiger partial charge in [-0.2, -0.15) is 0 Å². The smallest absolute Gasteiger partial charge is 0.260 e. The number of rotatable bonds is 4. The number of ether oxygens (including phenoxy) is 1. The number of nitrogens with one attached hydrogen (secondary N) is 1. The first-order valence-electron chi connectivity index (χ1n) is 5.32. The molecule has 1 aromatic carbocycles. The maximum Gasteiger partial charge on any atom is 0.260 e. The number of hydrogen-bond donors (Lipinski definition) is 1. The average Bonchev–Trinajstić information content (AvgIpc) is 2.22. The lowest BCUT2D eigenvalue weighted by molar-refractivity contribution is -0.127. The Hall–Kier alpha value is -0.930. The summed E-state index contributed by atoms with van der Waals surface area (Å²) in [6, 6.07) is 4.95. The molecule has 0 radical (unpaired) electrons. The van der Waals surface area contributed by atoms with Crippen molar-refractivity contribution in [3.8, 4) is 5.75 Å². The summed E-state index contributed by atoms with van der Waals surface area (Å²) in [5.74, 6) is 0.224. The maximum absolute atomic E-state index is 11.6. The van der Waals surface area contributed by atoms with E-state index in [0.29, 0.717) is 15.8 Å². The van der Waals surface area contributed by atoms with Gasteiger partial charge in [0, 0.05) is 17.1 Å². The molecule has 0 saturated carbocycles. The molecule has 1 rings (SSSR count). The van der Waals surface area contributed by atoms with Gasteiger partial charge >= 0.3 is 0 Å². The van der Waals surface area contributed by atoms with Crippen molar-refractivity contribution >= 4 is 29.1 Å². The fraction of sp³-hybridized carbons (Fsp3) is 0.417. The fourth-order valence-electron chi connectivity index (χ4n) is 1.21. The summed E-state index contributed by atoms with van der Waals surface area (Å²) in [6.45, 7) is 5.43. The monoisotopic (exact) mass is 275 g/mol. The van der Waals surface area contributed by atoms with Crippen molar-refractivity contribution in [2.24, 2.45) is 0 Å².